The molecule has 4 aromatic rings. The van der Waals surface area contributed by atoms with Crippen LogP contribution in [0.5, 0.6) is 0 Å². The smallest absolute Gasteiger partial charge is 0.224 e. The standard InChI is InChI=1S/C29H30N6O/c36-29(31-17-21-5-4-13-30-16-21)27-19-34-14-12-25(27)15-26(34)18-35-20-28(32-33-35)24-10-8-23(9-11-24)22-6-2-1-3-7-22/h1-11,13,16,20,25-27H,12,14-15,17-19H2,(H,31,36). The lowest BCUT2D eigenvalue weighted by atomic mass is 9.75. The maximum atomic E-state index is 12.9. The number of carbonyl (C=O) groups excluding carboxylic acids is 1. The Balaban J connectivity index is 1.06. The summed E-state index contributed by atoms with van der Waals surface area (Å²) in [6.45, 7) is 3.20. The molecular formula is C29H30N6O. The number of nitrogens with zero attached hydrogens (tertiary/aromatic N) is 5. The molecule has 0 saturated carbocycles. The molecular weight excluding hydrogens is 448 g/mol. The molecule has 2 bridgehead atoms. The van der Waals surface area contributed by atoms with E-state index in [-0.39, 0.29) is 11.8 Å². The highest BCUT2D eigenvalue weighted by Gasteiger charge is 2.43. The average molecular weight is 479 g/mol. The summed E-state index contributed by atoms with van der Waals surface area (Å²) < 4.78 is 1.96. The first-order chi connectivity index (χ1) is 17.7. The Bertz CT molecular complexity index is 1300. The van der Waals surface area contributed by atoms with Gasteiger partial charge in [0.05, 0.1) is 18.7 Å². The fourth-order valence-electron chi connectivity index (χ4n) is 5.65. The molecule has 36 heavy (non-hydrogen) atoms. The number of piperidine rings is 3. The van der Waals surface area contributed by atoms with Crippen molar-refractivity contribution in [3.8, 4) is 22.4 Å². The van der Waals surface area contributed by atoms with Crippen LogP contribution in [0.25, 0.3) is 22.4 Å². The highest BCUT2D eigenvalue weighted by Crippen LogP contribution is 2.37. The molecule has 5 heterocycles. The van der Waals surface area contributed by atoms with Gasteiger partial charge in [-0.15, -0.1) is 5.10 Å². The zero-order chi connectivity index (χ0) is 24.3. The van der Waals surface area contributed by atoms with Crippen LogP contribution in [0, 0.1) is 11.8 Å². The zero-order valence-electron chi connectivity index (χ0n) is 20.2. The van der Waals surface area contributed by atoms with Crippen LogP contribution in [0.15, 0.2) is 85.3 Å². The summed E-state index contributed by atoms with van der Waals surface area (Å²) in [5.74, 6) is 0.637. The third-order valence-electron chi connectivity index (χ3n) is 7.63. The highest BCUT2D eigenvalue weighted by molar-refractivity contribution is 5.79. The van der Waals surface area contributed by atoms with Crippen molar-refractivity contribution in [2.45, 2.75) is 32.0 Å². The fourth-order valence-corrected chi connectivity index (χ4v) is 5.65. The summed E-state index contributed by atoms with van der Waals surface area (Å²) in [6.07, 6.45) is 7.69. The average Bonchev–Trinajstić information content (AvgIpc) is 3.42. The molecule has 1 N–H and O–H groups in total. The minimum atomic E-state index is 0.0566. The summed E-state index contributed by atoms with van der Waals surface area (Å²) in [4.78, 5) is 19.5. The second-order valence-electron chi connectivity index (χ2n) is 9.89. The molecule has 182 valence electrons. The second kappa shape index (κ2) is 10.0. The van der Waals surface area contributed by atoms with Crippen molar-refractivity contribution in [3.05, 3.63) is 90.9 Å². The van der Waals surface area contributed by atoms with E-state index in [4.69, 9.17) is 0 Å². The first-order valence-corrected chi connectivity index (χ1v) is 12.7. The minimum absolute atomic E-state index is 0.0566. The molecule has 7 heteroatoms. The van der Waals surface area contributed by atoms with E-state index in [9.17, 15) is 4.79 Å². The van der Waals surface area contributed by atoms with Gasteiger partial charge in [-0.05, 0) is 48.1 Å². The molecule has 7 rings (SSSR count). The van der Waals surface area contributed by atoms with Crippen LogP contribution in [0.4, 0.5) is 0 Å². The van der Waals surface area contributed by atoms with E-state index in [0.29, 0.717) is 18.5 Å². The summed E-state index contributed by atoms with van der Waals surface area (Å²) in [5, 5.41) is 12.0. The Kier molecular flexibility index (Phi) is 6.30. The van der Waals surface area contributed by atoms with Gasteiger partial charge in [0, 0.05) is 37.1 Å². The number of amides is 1. The molecule has 3 aliphatic heterocycles. The van der Waals surface area contributed by atoms with E-state index in [0.717, 1.165) is 49.3 Å². The molecule has 4 atom stereocenters. The number of aromatic nitrogens is 4. The number of carbonyl (C=O) groups is 1. The van der Waals surface area contributed by atoms with Gasteiger partial charge in [0.1, 0.15) is 5.69 Å². The van der Waals surface area contributed by atoms with Crippen LogP contribution in [-0.4, -0.2) is 49.9 Å². The van der Waals surface area contributed by atoms with Crippen molar-refractivity contribution in [1.29, 1.82) is 0 Å². The molecule has 3 saturated heterocycles. The fraction of sp³-hybridized carbons (Fsp3) is 0.310. The molecule has 0 spiro atoms. The number of hydrogen-bond donors (Lipinski definition) is 1. The summed E-state index contributed by atoms with van der Waals surface area (Å²) in [6, 6.07) is 23.1. The molecule has 2 aromatic carbocycles. The number of hydrogen-bond acceptors (Lipinski definition) is 5. The van der Waals surface area contributed by atoms with Gasteiger partial charge in [-0.1, -0.05) is 65.9 Å². The Morgan fingerprint density at radius 1 is 0.972 bits per heavy atom. The van der Waals surface area contributed by atoms with Gasteiger partial charge in [-0.3, -0.25) is 19.4 Å². The van der Waals surface area contributed by atoms with Crippen molar-refractivity contribution in [2.75, 3.05) is 13.1 Å². The monoisotopic (exact) mass is 478 g/mol. The molecule has 7 nitrogen and oxygen atoms in total. The van der Waals surface area contributed by atoms with E-state index < -0.39 is 0 Å². The van der Waals surface area contributed by atoms with Gasteiger partial charge in [0.25, 0.3) is 0 Å². The number of nitrogens with one attached hydrogen (secondary N) is 1. The third-order valence-corrected chi connectivity index (χ3v) is 7.63. The van der Waals surface area contributed by atoms with E-state index in [1.807, 2.05) is 29.1 Å². The van der Waals surface area contributed by atoms with Gasteiger partial charge in [0.2, 0.25) is 5.91 Å². The number of rotatable bonds is 7. The molecule has 2 aromatic heterocycles. The number of benzene rings is 2. The molecule has 1 amide bonds. The van der Waals surface area contributed by atoms with Gasteiger partial charge in [0.15, 0.2) is 0 Å². The van der Waals surface area contributed by atoms with Crippen molar-refractivity contribution in [3.63, 3.8) is 0 Å². The van der Waals surface area contributed by atoms with Gasteiger partial charge >= 0.3 is 0 Å². The first kappa shape index (κ1) is 22.6. The Labute approximate surface area is 211 Å². The molecule has 3 fully saturated rings. The Hall–Kier alpha value is -3.84. The van der Waals surface area contributed by atoms with E-state index in [1.54, 1.807) is 12.4 Å². The molecule has 0 radical (unpaired) electrons. The van der Waals surface area contributed by atoms with Crippen LogP contribution in [0.3, 0.4) is 0 Å². The van der Waals surface area contributed by atoms with Crippen LogP contribution in [-0.2, 0) is 17.9 Å². The molecule has 3 aliphatic rings. The quantitative estimate of drug-likeness (QED) is 0.434. The van der Waals surface area contributed by atoms with Crippen molar-refractivity contribution in [1.82, 2.24) is 30.2 Å². The first-order valence-electron chi connectivity index (χ1n) is 12.7. The Morgan fingerprint density at radius 2 is 1.78 bits per heavy atom. The normalized spacial score (nSPS) is 22.9. The molecule has 0 aliphatic carbocycles. The summed E-state index contributed by atoms with van der Waals surface area (Å²) in [7, 11) is 0. The Morgan fingerprint density at radius 3 is 2.53 bits per heavy atom. The van der Waals surface area contributed by atoms with Crippen molar-refractivity contribution >= 4 is 5.91 Å². The van der Waals surface area contributed by atoms with Crippen LogP contribution < -0.4 is 5.32 Å². The summed E-state index contributed by atoms with van der Waals surface area (Å²) in [5.41, 5.74) is 5.38. The van der Waals surface area contributed by atoms with E-state index in [1.165, 1.54) is 11.1 Å². The van der Waals surface area contributed by atoms with Gasteiger partial charge in [-0.2, -0.15) is 0 Å². The lowest BCUT2D eigenvalue weighted by molar-refractivity contribution is -0.133. The topological polar surface area (TPSA) is 75.9 Å². The predicted octanol–water partition coefficient (Wildman–Crippen LogP) is 4.03. The number of fused-ring (bicyclic) bond motifs is 3. The lowest BCUT2D eigenvalue weighted by Crippen LogP contribution is -2.58. The second-order valence-corrected chi connectivity index (χ2v) is 9.89. The van der Waals surface area contributed by atoms with Crippen LogP contribution >= 0.6 is 0 Å². The van der Waals surface area contributed by atoms with Crippen molar-refractivity contribution in [2.24, 2.45) is 11.8 Å². The van der Waals surface area contributed by atoms with Gasteiger partial charge < -0.3 is 5.32 Å². The maximum Gasteiger partial charge on any atom is 0.224 e. The SMILES string of the molecule is O=C(NCc1cccnc1)C1CN2CCC1CC2Cn1cc(-c2ccc(-c3ccccc3)cc2)nn1. The van der Waals surface area contributed by atoms with Gasteiger partial charge in [-0.25, -0.2) is 0 Å². The van der Waals surface area contributed by atoms with Crippen molar-refractivity contribution < 1.29 is 4.79 Å². The van der Waals surface area contributed by atoms with Crippen LogP contribution in [0.1, 0.15) is 18.4 Å². The number of pyridine rings is 1. The van der Waals surface area contributed by atoms with E-state index in [2.05, 4.69) is 74.0 Å². The molecule has 4 unspecified atom stereocenters. The van der Waals surface area contributed by atoms with Crippen LogP contribution in [0.2, 0.25) is 0 Å². The largest absolute Gasteiger partial charge is 0.352 e. The maximum absolute atomic E-state index is 12.9. The highest BCUT2D eigenvalue weighted by atomic mass is 16.1. The third kappa shape index (κ3) is 4.79. The lowest BCUT2D eigenvalue weighted by Gasteiger charge is -2.49. The minimum Gasteiger partial charge on any atom is -0.352 e. The van der Waals surface area contributed by atoms with E-state index >= 15 is 0 Å². The zero-order valence-corrected chi connectivity index (χ0v) is 20.2. The summed E-state index contributed by atoms with van der Waals surface area (Å²) >= 11 is 0. The predicted molar refractivity (Wildman–Crippen MR) is 139 cm³/mol.